The highest BCUT2D eigenvalue weighted by Gasteiger charge is 2.09. The Bertz CT molecular complexity index is 500. The van der Waals surface area contributed by atoms with E-state index in [2.05, 4.69) is 10.3 Å². The van der Waals surface area contributed by atoms with E-state index in [9.17, 15) is 14.4 Å². The van der Waals surface area contributed by atoms with Gasteiger partial charge in [0.2, 0.25) is 5.91 Å². The quantitative estimate of drug-likeness (QED) is 0.442. The minimum Gasteiger partial charge on any atom is -0.383 e. The fourth-order valence-corrected chi connectivity index (χ4v) is 0.983. The number of nitrogens with two attached hydrogens (primary N) is 2. The molecule has 1 heterocycles. The van der Waals surface area contributed by atoms with E-state index in [-0.39, 0.29) is 18.1 Å². The molecule has 6 N–H and O–H groups in total. The summed E-state index contributed by atoms with van der Waals surface area (Å²) < 4.78 is 0.833. The lowest BCUT2D eigenvalue weighted by atomic mass is 10.4. The van der Waals surface area contributed by atoms with Crippen molar-refractivity contribution in [2.45, 2.75) is 0 Å². The van der Waals surface area contributed by atoms with Crippen molar-refractivity contribution in [3.8, 4) is 0 Å². The van der Waals surface area contributed by atoms with E-state index in [1.165, 1.54) is 7.05 Å². The number of nitrogens with zero attached hydrogens (tertiary/aromatic N) is 1. The molecule has 0 aliphatic carbocycles. The van der Waals surface area contributed by atoms with Gasteiger partial charge in [0.05, 0.1) is 6.54 Å². The molecule has 0 atom stereocenters. The maximum Gasteiger partial charge on any atom is 0.329 e. The number of carbonyl (C=O) groups excluding carboxylic acids is 1. The summed E-state index contributed by atoms with van der Waals surface area (Å²) in [4.78, 5) is 35.3. The number of aromatic amines is 1. The molecule has 0 aliphatic heterocycles. The topological polar surface area (TPSA) is 136 Å². The SMILES string of the molecule is Cn1c(=O)[nH]c(N)c(NCC(N)=O)c1=O. The van der Waals surface area contributed by atoms with Crippen LogP contribution < -0.4 is 28.0 Å². The molecule has 0 aromatic carbocycles. The molecule has 15 heavy (non-hydrogen) atoms. The van der Waals surface area contributed by atoms with Crippen molar-refractivity contribution in [2.75, 3.05) is 17.6 Å². The highest BCUT2D eigenvalue weighted by atomic mass is 16.2. The van der Waals surface area contributed by atoms with Gasteiger partial charge in [-0.2, -0.15) is 0 Å². The minimum absolute atomic E-state index is 0.0455. The third-order valence-corrected chi connectivity index (χ3v) is 1.77. The molecular weight excluding hydrogens is 202 g/mol. The molecule has 8 nitrogen and oxygen atoms in total. The molecule has 0 spiro atoms. The maximum atomic E-state index is 11.5. The van der Waals surface area contributed by atoms with Crippen molar-refractivity contribution in [1.82, 2.24) is 9.55 Å². The van der Waals surface area contributed by atoms with Crippen molar-refractivity contribution >= 4 is 17.4 Å². The maximum absolute atomic E-state index is 11.5. The predicted octanol–water partition coefficient (Wildman–Crippen LogP) is -2.45. The van der Waals surface area contributed by atoms with Crippen molar-refractivity contribution in [3.05, 3.63) is 20.8 Å². The van der Waals surface area contributed by atoms with E-state index in [0.717, 1.165) is 4.57 Å². The van der Waals surface area contributed by atoms with Gasteiger partial charge in [-0.15, -0.1) is 0 Å². The summed E-state index contributed by atoms with van der Waals surface area (Å²) in [5.74, 6) is -0.757. The van der Waals surface area contributed by atoms with E-state index in [4.69, 9.17) is 11.5 Å². The number of anilines is 2. The van der Waals surface area contributed by atoms with Gasteiger partial charge in [-0.3, -0.25) is 19.1 Å². The largest absolute Gasteiger partial charge is 0.383 e. The van der Waals surface area contributed by atoms with Gasteiger partial charge in [0.15, 0.2) is 0 Å². The van der Waals surface area contributed by atoms with E-state index < -0.39 is 17.2 Å². The van der Waals surface area contributed by atoms with Crippen LogP contribution in [0.1, 0.15) is 0 Å². The lowest BCUT2D eigenvalue weighted by molar-refractivity contribution is -0.116. The Morgan fingerprint density at radius 2 is 2.13 bits per heavy atom. The smallest absolute Gasteiger partial charge is 0.329 e. The monoisotopic (exact) mass is 213 g/mol. The standard InChI is InChI=1S/C7H11N5O3/c1-12-6(14)4(10-2-3(8)13)5(9)11-7(12)15/h10H,2,9H2,1H3,(H2,8,13)(H,11,15). The zero-order chi connectivity index (χ0) is 11.6. The van der Waals surface area contributed by atoms with E-state index in [0.29, 0.717) is 0 Å². The lowest BCUT2D eigenvalue weighted by Gasteiger charge is -2.07. The van der Waals surface area contributed by atoms with Crippen LogP contribution in [0, 0.1) is 0 Å². The molecule has 0 bridgehead atoms. The number of aromatic nitrogens is 2. The normalized spacial score (nSPS) is 9.93. The van der Waals surface area contributed by atoms with E-state index >= 15 is 0 Å². The van der Waals surface area contributed by atoms with Crippen LogP contribution in [0.4, 0.5) is 11.5 Å². The number of amides is 1. The Kier molecular flexibility index (Phi) is 2.79. The zero-order valence-corrected chi connectivity index (χ0v) is 8.03. The molecule has 0 saturated carbocycles. The predicted molar refractivity (Wildman–Crippen MR) is 54.4 cm³/mol. The van der Waals surface area contributed by atoms with Gasteiger partial charge in [0.1, 0.15) is 11.5 Å². The van der Waals surface area contributed by atoms with Crippen LogP contribution in [0.2, 0.25) is 0 Å². The average molecular weight is 213 g/mol. The number of nitrogens with one attached hydrogen (secondary N) is 2. The molecule has 1 aromatic rings. The van der Waals surface area contributed by atoms with Crippen molar-refractivity contribution < 1.29 is 4.79 Å². The molecule has 82 valence electrons. The zero-order valence-electron chi connectivity index (χ0n) is 8.03. The van der Waals surface area contributed by atoms with E-state index in [1.807, 2.05) is 0 Å². The van der Waals surface area contributed by atoms with Crippen LogP contribution in [0.5, 0.6) is 0 Å². The molecule has 1 aromatic heterocycles. The Labute approximate surface area is 83.9 Å². The summed E-state index contributed by atoms with van der Waals surface area (Å²) in [7, 11) is 1.29. The Morgan fingerprint density at radius 1 is 1.53 bits per heavy atom. The first kappa shape index (κ1) is 10.8. The van der Waals surface area contributed by atoms with Gasteiger partial charge in [-0.25, -0.2) is 4.79 Å². The lowest BCUT2D eigenvalue weighted by Crippen LogP contribution is -2.36. The summed E-state index contributed by atoms with van der Waals surface area (Å²) in [6.45, 7) is -0.231. The van der Waals surface area contributed by atoms with Crippen LogP contribution in [-0.2, 0) is 11.8 Å². The molecule has 0 radical (unpaired) electrons. The second-order valence-electron chi connectivity index (χ2n) is 2.90. The molecule has 1 rings (SSSR count). The Morgan fingerprint density at radius 3 is 2.67 bits per heavy atom. The fourth-order valence-electron chi connectivity index (χ4n) is 0.983. The first-order chi connectivity index (χ1) is 6.93. The number of nitrogen functional groups attached to an aromatic ring is 1. The van der Waals surface area contributed by atoms with Crippen LogP contribution in [-0.4, -0.2) is 22.0 Å². The summed E-state index contributed by atoms with van der Waals surface area (Å²) in [5.41, 5.74) is 9.00. The number of primary amides is 1. The van der Waals surface area contributed by atoms with Crippen LogP contribution in [0.15, 0.2) is 9.59 Å². The van der Waals surface area contributed by atoms with Gasteiger partial charge in [0.25, 0.3) is 5.56 Å². The number of rotatable bonds is 3. The van der Waals surface area contributed by atoms with Gasteiger partial charge in [-0.1, -0.05) is 0 Å². The number of hydrogen-bond acceptors (Lipinski definition) is 5. The first-order valence-corrected chi connectivity index (χ1v) is 4.04. The van der Waals surface area contributed by atoms with Gasteiger partial charge in [0, 0.05) is 7.05 Å². The second-order valence-corrected chi connectivity index (χ2v) is 2.90. The second kappa shape index (κ2) is 3.86. The van der Waals surface area contributed by atoms with Gasteiger partial charge < -0.3 is 16.8 Å². The van der Waals surface area contributed by atoms with Crippen molar-refractivity contribution in [1.29, 1.82) is 0 Å². The average Bonchev–Trinajstić information content (AvgIpc) is 2.14. The van der Waals surface area contributed by atoms with Crippen LogP contribution >= 0.6 is 0 Å². The van der Waals surface area contributed by atoms with Crippen LogP contribution in [0.25, 0.3) is 0 Å². The fraction of sp³-hybridized carbons (Fsp3) is 0.286. The Balaban J connectivity index is 3.19. The summed E-state index contributed by atoms with van der Waals surface area (Å²) in [6.07, 6.45) is 0. The van der Waals surface area contributed by atoms with Gasteiger partial charge >= 0.3 is 5.69 Å². The number of carbonyl (C=O) groups is 1. The first-order valence-electron chi connectivity index (χ1n) is 4.04. The molecule has 0 unspecified atom stereocenters. The molecule has 8 heteroatoms. The number of H-pyrrole nitrogens is 1. The van der Waals surface area contributed by atoms with E-state index in [1.54, 1.807) is 0 Å². The Hall–Kier alpha value is -2.25. The van der Waals surface area contributed by atoms with Crippen LogP contribution in [0.3, 0.4) is 0 Å². The minimum atomic E-state index is -0.636. The van der Waals surface area contributed by atoms with Gasteiger partial charge in [-0.05, 0) is 0 Å². The van der Waals surface area contributed by atoms with Crippen molar-refractivity contribution in [3.63, 3.8) is 0 Å². The molecule has 0 fully saturated rings. The summed E-state index contributed by atoms with van der Waals surface area (Å²) in [5, 5.41) is 2.45. The highest BCUT2D eigenvalue weighted by molar-refractivity contribution is 5.79. The summed E-state index contributed by atoms with van der Waals surface area (Å²) >= 11 is 0. The third-order valence-electron chi connectivity index (χ3n) is 1.77. The number of hydrogen-bond donors (Lipinski definition) is 4. The third kappa shape index (κ3) is 2.16. The highest BCUT2D eigenvalue weighted by Crippen LogP contribution is 2.04. The molecular formula is C7H11N5O3. The molecule has 1 amide bonds. The summed E-state index contributed by atoms with van der Waals surface area (Å²) in [6, 6.07) is 0. The molecule has 0 aliphatic rings. The molecule has 0 saturated heterocycles. The van der Waals surface area contributed by atoms with Crippen molar-refractivity contribution in [2.24, 2.45) is 12.8 Å².